The number of aliphatic hydroxyl groups is 4. The SMILES string of the molecule is COC[C@]12CN(C)[C@H]3C4[C@H](OC)[C@H]1[C@@]3([C@@H](OC)C[C@H]2O)[C@]1(O)C[C@@]2(O)[C@H](OC(=O)c3ccccc3)[C@@H]1[C@]4(OC(C)=O)[C@@H](O)[C@@H]2OC. The van der Waals surface area contributed by atoms with E-state index in [0.29, 0.717) is 6.54 Å². The van der Waals surface area contributed by atoms with Gasteiger partial charge >= 0.3 is 11.9 Å². The summed E-state index contributed by atoms with van der Waals surface area (Å²) in [6.07, 6.45) is -7.39. The molecule has 0 radical (unpaired) electrons. The molecule has 15 atom stereocenters. The van der Waals surface area contributed by atoms with Crippen molar-refractivity contribution in [1.29, 1.82) is 0 Å². The van der Waals surface area contributed by atoms with Crippen molar-refractivity contribution in [2.45, 2.75) is 79.2 Å². The smallest absolute Gasteiger partial charge is 0.338 e. The maximum atomic E-state index is 13.7. The number of carbonyl (C=O) groups is 2. The van der Waals surface area contributed by atoms with Gasteiger partial charge in [-0.15, -0.1) is 0 Å². The van der Waals surface area contributed by atoms with Crippen LogP contribution in [0.3, 0.4) is 0 Å². The van der Waals surface area contributed by atoms with Crippen molar-refractivity contribution in [2.24, 2.45) is 28.6 Å². The minimum absolute atomic E-state index is 0.113. The Morgan fingerprint density at radius 2 is 1.67 bits per heavy atom. The number of esters is 2. The first-order valence-corrected chi connectivity index (χ1v) is 15.9. The van der Waals surface area contributed by atoms with Gasteiger partial charge < -0.3 is 53.7 Å². The second kappa shape index (κ2) is 10.4. The number of methoxy groups -OCH3 is 4. The van der Waals surface area contributed by atoms with Crippen molar-refractivity contribution in [1.82, 2.24) is 4.90 Å². The summed E-state index contributed by atoms with van der Waals surface area (Å²) in [6.45, 7) is 1.68. The number of rotatable bonds is 8. The van der Waals surface area contributed by atoms with Gasteiger partial charge in [-0.05, 0) is 19.2 Å². The van der Waals surface area contributed by atoms with E-state index >= 15 is 0 Å². The van der Waals surface area contributed by atoms with E-state index in [1.807, 2.05) is 11.9 Å². The lowest BCUT2D eigenvalue weighted by Gasteiger charge is -2.72. The Labute approximate surface area is 267 Å². The average molecular weight is 648 g/mol. The van der Waals surface area contributed by atoms with Crippen molar-refractivity contribution in [3.05, 3.63) is 35.9 Å². The van der Waals surface area contributed by atoms with Gasteiger partial charge in [0, 0.05) is 83.5 Å². The summed E-state index contributed by atoms with van der Waals surface area (Å²) in [5, 5.41) is 50.8. The monoisotopic (exact) mass is 647 g/mol. The van der Waals surface area contributed by atoms with Crippen molar-refractivity contribution in [3.63, 3.8) is 0 Å². The number of hydrogen-bond acceptors (Lipinski definition) is 13. The Morgan fingerprint density at radius 1 is 0.978 bits per heavy atom. The molecular weight excluding hydrogens is 602 g/mol. The van der Waals surface area contributed by atoms with Crippen LogP contribution in [0.1, 0.15) is 30.1 Å². The zero-order valence-electron chi connectivity index (χ0n) is 27.0. The van der Waals surface area contributed by atoms with E-state index in [0.717, 1.165) is 0 Å². The number of aliphatic hydroxyl groups excluding tert-OH is 2. The quantitative estimate of drug-likeness (QED) is 0.263. The van der Waals surface area contributed by atoms with Gasteiger partial charge in [-0.1, -0.05) is 18.2 Å². The van der Waals surface area contributed by atoms with Gasteiger partial charge in [-0.2, -0.15) is 0 Å². The number of nitrogens with zero attached hydrogens (tertiary/aromatic N) is 1. The Hall–Kier alpha value is -2.20. The fraction of sp³-hybridized carbons (Fsp3) is 0.758. The minimum atomic E-state index is -2.12. The Morgan fingerprint density at radius 3 is 2.26 bits per heavy atom. The number of benzene rings is 1. The van der Waals surface area contributed by atoms with Crippen LogP contribution in [0.15, 0.2) is 30.3 Å². The lowest BCUT2D eigenvalue weighted by atomic mass is 9.40. The molecule has 4 N–H and O–H groups in total. The largest absolute Gasteiger partial charge is 0.455 e. The molecule has 254 valence electrons. The van der Waals surface area contributed by atoms with Crippen molar-refractivity contribution < 1.29 is 58.4 Å². The predicted octanol–water partition coefficient (Wildman–Crippen LogP) is -0.627. The number of carbonyl (C=O) groups excluding carboxylic acids is 2. The molecule has 6 fully saturated rings. The highest BCUT2D eigenvalue weighted by Gasteiger charge is 2.96. The van der Waals surface area contributed by atoms with Gasteiger partial charge in [-0.3, -0.25) is 4.79 Å². The van der Waals surface area contributed by atoms with Crippen LogP contribution in [-0.2, 0) is 33.2 Å². The molecule has 1 aromatic rings. The third-order valence-corrected chi connectivity index (χ3v) is 12.9. The first-order chi connectivity index (χ1) is 21.8. The fourth-order valence-corrected chi connectivity index (χ4v) is 12.2. The number of piperidine rings is 1. The fourth-order valence-electron chi connectivity index (χ4n) is 12.2. The second-order valence-electron chi connectivity index (χ2n) is 14.4. The lowest BCUT2D eigenvalue weighted by molar-refractivity contribution is -0.353. The third kappa shape index (κ3) is 3.41. The molecule has 7 rings (SSSR count). The van der Waals surface area contributed by atoms with Crippen molar-refractivity contribution >= 4 is 11.9 Å². The van der Waals surface area contributed by atoms with Gasteiger partial charge in [0.1, 0.15) is 23.9 Å². The maximum Gasteiger partial charge on any atom is 0.338 e. The highest BCUT2D eigenvalue weighted by molar-refractivity contribution is 5.89. The summed E-state index contributed by atoms with van der Waals surface area (Å²) in [4.78, 5) is 28.9. The van der Waals surface area contributed by atoms with Crippen molar-refractivity contribution in [3.8, 4) is 0 Å². The maximum absolute atomic E-state index is 13.7. The molecular formula is C33H45NO12. The highest BCUT2D eigenvalue weighted by atomic mass is 16.6. The van der Waals surface area contributed by atoms with E-state index in [-0.39, 0.29) is 18.6 Å². The zero-order valence-corrected chi connectivity index (χ0v) is 27.0. The summed E-state index contributed by atoms with van der Waals surface area (Å²) >= 11 is 0. The van der Waals surface area contributed by atoms with Crippen LogP contribution in [-0.4, -0.2) is 145 Å². The summed E-state index contributed by atoms with van der Waals surface area (Å²) in [6, 6.07) is 7.61. The first-order valence-electron chi connectivity index (χ1n) is 15.9. The Balaban J connectivity index is 1.56. The molecule has 13 heteroatoms. The third-order valence-electron chi connectivity index (χ3n) is 12.9. The van der Waals surface area contributed by atoms with Crippen LogP contribution >= 0.6 is 0 Å². The van der Waals surface area contributed by atoms with Crippen LogP contribution in [0.4, 0.5) is 0 Å². The molecule has 1 saturated heterocycles. The molecule has 5 saturated carbocycles. The molecule has 1 heterocycles. The molecule has 7 bridgehead atoms. The number of ether oxygens (including phenoxy) is 6. The van der Waals surface area contributed by atoms with E-state index in [9.17, 15) is 30.0 Å². The van der Waals surface area contributed by atoms with E-state index in [1.54, 1.807) is 37.4 Å². The van der Waals surface area contributed by atoms with Gasteiger partial charge in [-0.25, -0.2) is 4.79 Å². The number of hydrogen-bond donors (Lipinski definition) is 4. The molecule has 5 aliphatic carbocycles. The van der Waals surface area contributed by atoms with Crippen LogP contribution in [0.2, 0.25) is 0 Å². The van der Waals surface area contributed by atoms with E-state index in [2.05, 4.69) is 0 Å². The molecule has 1 aromatic carbocycles. The lowest BCUT2D eigenvalue weighted by Crippen LogP contribution is -2.85. The molecule has 13 nitrogen and oxygen atoms in total. The van der Waals surface area contributed by atoms with Gasteiger partial charge in [0.25, 0.3) is 0 Å². The van der Waals surface area contributed by atoms with E-state index < -0.39 is 106 Å². The Bertz CT molecular complexity index is 1400. The molecule has 46 heavy (non-hydrogen) atoms. The summed E-state index contributed by atoms with van der Waals surface area (Å²) in [7, 11) is 7.77. The van der Waals surface area contributed by atoms with Gasteiger partial charge in [0.2, 0.25) is 0 Å². The van der Waals surface area contributed by atoms with E-state index in [4.69, 9.17) is 28.4 Å². The molecule has 0 amide bonds. The molecule has 1 aliphatic heterocycles. The first kappa shape index (κ1) is 32.4. The van der Waals surface area contributed by atoms with Gasteiger partial charge in [0.05, 0.1) is 42.0 Å². The predicted molar refractivity (Wildman–Crippen MR) is 157 cm³/mol. The molecule has 0 aromatic heterocycles. The van der Waals surface area contributed by atoms with Crippen molar-refractivity contribution in [2.75, 3.05) is 48.6 Å². The summed E-state index contributed by atoms with van der Waals surface area (Å²) in [5.74, 6) is -4.35. The topological polar surface area (TPSA) is 174 Å². The normalized spacial score (nSPS) is 51.5. The standard InChI is InChI=1S/C33H45NO12/c1-16(35)46-33-20-21(43-5)22-29(15-41-3)14-34(2)24(20)32(22,19(42-4)12-18(29)36)31(40)13-30(39,27(44-6)25(33)37)26(23(31)33)45-28(38)17-10-8-7-9-11-17/h7-11,18-27,36-37,39-40H,12-15H2,1-6H3/t18-,19+,20?,21+,22-,23+,24+,25+,26-,27+,29+,30-,31+,32-,33+/m1/s1. The zero-order chi connectivity index (χ0) is 33.2. The molecule has 1 unspecified atom stereocenters. The van der Waals surface area contributed by atoms with E-state index in [1.165, 1.54) is 28.3 Å². The van der Waals surface area contributed by atoms with Crippen LogP contribution in [0.25, 0.3) is 0 Å². The minimum Gasteiger partial charge on any atom is -0.455 e. The van der Waals surface area contributed by atoms with Crippen LogP contribution in [0.5, 0.6) is 0 Å². The summed E-state index contributed by atoms with van der Waals surface area (Å²) in [5.41, 5.74) is -8.16. The Kier molecular flexibility index (Phi) is 7.31. The highest BCUT2D eigenvalue weighted by Crippen LogP contribution is 2.81. The number of likely N-dealkylation sites (tertiary alicyclic amines) is 1. The average Bonchev–Trinajstić information content (AvgIpc) is 3.38. The second-order valence-corrected chi connectivity index (χ2v) is 14.4. The molecule has 6 aliphatic rings. The van der Waals surface area contributed by atoms with Gasteiger partial charge in [0.15, 0.2) is 5.60 Å². The molecule has 1 spiro atoms. The van der Waals surface area contributed by atoms with Crippen LogP contribution in [0, 0.1) is 28.6 Å². The summed E-state index contributed by atoms with van der Waals surface area (Å²) < 4.78 is 36.7. The van der Waals surface area contributed by atoms with Crippen LogP contribution < -0.4 is 0 Å². The number of fused-ring (bicyclic) bond motifs is 2.